The molecule has 1 rings (SSSR count). The van der Waals surface area contributed by atoms with Gasteiger partial charge in [0, 0.05) is 0 Å². The minimum absolute atomic E-state index is 0.339. The van der Waals surface area contributed by atoms with E-state index in [4.69, 9.17) is 9.47 Å². The van der Waals surface area contributed by atoms with Gasteiger partial charge in [0.25, 0.3) is 0 Å². The third-order valence-corrected chi connectivity index (χ3v) is 2.21. The second-order valence-corrected chi connectivity index (χ2v) is 3.69. The van der Waals surface area contributed by atoms with Crippen LogP contribution in [0.15, 0.2) is 24.3 Å². The molecule has 0 aromatic heterocycles. The van der Waals surface area contributed by atoms with Gasteiger partial charge >= 0.3 is 0 Å². The Morgan fingerprint density at radius 3 is 2.12 bits per heavy atom. The van der Waals surface area contributed by atoms with Crippen molar-refractivity contribution in [2.75, 3.05) is 13.2 Å². The molecule has 1 unspecified atom stereocenters. The minimum Gasteiger partial charge on any atom is -0.494 e. The molecule has 0 radical (unpaired) electrons. The van der Waals surface area contributed by atoms with E-state index in [-0.39, 0.29) is 0 Å². The van der Waals surface area contributed by atoms with Crippen LogP contribution in [0, 0.1) is 0 Å². The van der Waals surface area contributed by atoms with E-state index >= 15 is 0 Å². The van der Waals surface area contributed by atoms with E-state index in [1.807, 2.05) is 31.2 Å². The fourth-order valence-electron chi connectivity index (χ4n) is 1.16. The van der Waals surface area contributed by atoms with E-state index in [1.54, 1.807) is 0 Å². The van der Waals surface area contributed by atoms with Crippen LogP contribution < -0.4 is 9.47 Å². The zero-order valence-electron chi connectivity index (χ0n) is 9.98. The first kappa shape index (κ1) is 12.8. The van der Waals surface area contributed by atoms with E-state index in [0.717, 1.165) is 24.5 Å². The van der Waals surface area contributed by atoms with Crippen molar-refractivity contribution in [1.82, 2.24) is 0 Å². The number of hydrogen-bond donors (Lipinski definition) is 1. The van der Waals surface area contributed by atoms with Gasteiger partial charge in [0.05, 0.1) is 12.7 Å². The topological polar surface area (TPSA) is 38.7 Å². The fourth-order valence-corrected chi connectivity index (χ4v) is 1.16. The van der Waals surface area contributed by atoms with Gasteiger partial charge in [-0.15, -0.1) is 0 Å². The molecule has 0 aliphatic rings. The van der Waals surface area contributed by atoms with Gasteiger partial charge in [0.15, 0.2) is 0 Å². The molecule has 90 valence electrons. The van der Waals surface area contributed by atoms with Gasteiger partial charge in [-0.25, -0.2) is 0 Å². The summed E-state index contributed by atoms with van der Waals surface area (Å²) in [4.78, 5) is 0. The highest BCUT2D eigenvalue weighted by atomic mass is 16.5. The quantitative estimate of drug-likeness (QED) is 0.773. The van der Waals surface area contributed by atoms with E-state index in [1.165, 1.54) is 0 Å². The van der Waals surface area contributed by atoms with Gasteiger partial charge in [-0.2, -0.15) is 0 Å². The highest BCUT2D eigenvalue weighted by molar-refractivity contribution is 5.31. The van der Waals surface area contributed by atoms with Gasteiger partial charge in [0.1, 0.15) is 18.1 Å². The van der Waals surface area contributed by atoms with Crippen molar-refractivity contribution in [3.05, 3.63) is 24.3 Å². The molecule has 1 N–H and O–H groups in total. The van der Waals surface area contributed by atoms with E-state index in [2.05, 4.69) is 6.92 Å². The summed E-state index contributed by atoms with van der Waals surface area (Å²) in [5, 5.41) is 9.34. The molecule has 0 aliphatic heterocycles. The van der Waals surface area contributed by atoms with Crippen LogP contribution in [0.5, 0.6) is 11.5 Å². The molecule has 1 aromatic carbocycles. The summed E-state index contributed by atoms with van der Waals surface area (Å²) in [5.41, 5.74) is 0. The standard InChI is InChI=1S/C13H20O3/c1-3-9-15-12-5-7-13(8-6-12)16-10-11(14)4-2/h5-8,11,14H,3-4,9-10H2,1-2H3. The summed E-state index contributed by atoms with van der Waals surface area (Å²) in [6.45, 7) is 5.07. The van der Waals surface area contributed by atoms with Crippen molar-refractivity contribution >= 4 is 0 Å². The van der Waals surface area contributed by atoms with Crippen LogP contribution >= 0.6 is 0 Å². The average Bonchev–Trinajstić information content (AvgIpc) is 2.34. The largest absolute Gasteiger partial charge is 0.494 e. The second kappa shape index (κ2) is 7.12. The van der Waals surface area contributed by atoms with Crippen LogP contribution in [0.1, 0.15) is 26.7 Å². The minimum atomic E-state index is -0.393. The smallest absolute Gasteiger partial charge is 0.119 e. The van der Waals surface area contributed by atoms with Gasteiger partial charge in [-0.1, -0.05) is 13.8 Å². The molecule has 0 heterocycles. The van der Waals surface area contributed by atoms with Crippen LogP contribution in [0.2, 0.25) is 0 Å². The van der Waals surface area contributed by atoms with Crippen LogP contribution in [-0.4, -0.2) is 24.4 Å². The molecule has 0 fully saturated rings. The lowest BCUT2D eigenvalue weighted by Gasteiger charge is -2.10. The Morgan fingerprint density at radius 1 is 1.06 bits per heavy atom. The molecule has 0 bridgehead atoms. The number of rotatable bonds is 7. The monoisotopic (exact) mass is 224 g/mol. The van der Waals surface area contributed by atoms with Gasteiger partial charge in [-0.05, 0) is 37.1 Å². The Labute approximate surface area is 97.0 Å². The summed E-state index contributed by atoms with van der Waals surface area (Å²) in [5.74, 6) is 1.61. The van der Waals surface area contributed by atoms with Crippen molar-refractivity contribution in [3.8, 4) is 11.5 Å². The maximum atomic E-state index is 9.34. The lowest BCUT2D eigenvalue weighted by atomic mass is 10.3. The van der Waals surface area contributed by atoms with Gasteiger partial charge in [0.2, 0.25) is 0 Å². The molecule has 3 nitrogen and oxygen atoms in total. The molecular weight excluding hydrogens is 204 g/mol. The normalized spacial score (nSPS) is 12.2. The molecule has 1 aromatic rings. The molecule has 0 saturated carbocycles. The average molecular weight is 224 g/mol. The predicted octanol–water partition coefficient (Wildman–Crippen LogP) is 2.63. The fraction of sp³-hybridized carbons (Fsp3) is 0.538. The zero-order chi connectivity index (χ0) is 11.8. The Morgan fingerprint density at radius 2 is 1.62 bits per heavy atom. The van der Waals surface area contributed by atoms with E-state index in [9.17, 15) is 5.11 Å². The molecule has 16 heavy (non-hydrogen) atoms. The van der Waals surface area contributed by atoms with Crippen LogP contribution in [0.25, 0.3) is 0 Å². The number of aliphatic hydroxyl groups is 1. The Bertz CT molecular complexity index is 282. The number of aliphatic hydroxyl groups excluding tert-OH is 1. The molecule has 0 spiro atoms. The SMILES string of the molecule is CCCOc1ccc(OCC(O)CC)cc1. The van der Waals surface area contributed by atoms with Crippen LogP contribution in [0.4, 0.5) is 0 Å². The molecule has 0 aliphatic carbocycles. The number of hydrogen-bond acceptors (Lipinski definition) is 3. The molecule has 0 saturated heterocycles. The highest BCUT2D eigenvalue weighted by Crippen LogP contribution is 2.17. The zero-order valence-corrected chi connectivity index (χ0v) is 9.98. The maximum absolute atomic E-state index is 9.34. The van der Waals surface area contributed by atoms with Crippen LogP contribution in [0.3, 0.4) is 0 Å². The van der Waals surface area contributed by atoms with Crippen LogP contribution in [-0.2, 0) is 0 Å². The second-order valence-electron chi connectivity index (χ2n) is 3.69. The third kappa shape index (κ3) is 4.53. The Kier molecular flexibility index (Phi) is 5.72. The lowest BCUT2D eigenvalue weighted by Crippen LogP contribution is -2.15. The van der Waals surface area contributed by atoms with Crippen molar-refractivity contribution < 1.29 is 14.6 Å². The highest BCUT2D eigenvalue weighted by Gasteiger charge is 2.01. The van der Waals surface area contributed by atoms with Gasteiger partial charge in [-0.3, -0.25) is 0 Å². The van der Waals surface area contributed by atoms with Crippen molar-refractivity contribution in [3.63, 3.8) is 0 Å². The summed E-state index contributed by atoms with van der Waals surface area (Å²) in [6, 6.07) is 7.47. The van der Waals surface area contributed by atoms with Crippen molar-refractivity contribution in [2.24, 2.45) is 0 Å². The van der Waals surface area contributed by atoms with E-state index in [0.29, 0.717) is 13.0 Å². The van der Waals surface area contributed by atoms with E-state index < -0.39 is 6.10 Å². The Hall–Kier alpha value is -1.22. The maximum Gasteiger partial charge on any atom is 0.119 e. The molecular formula is C13H20O3. The molecule has 1 atom stereocenters. The first-order valence-electron chi connectivity index (χ1n) is 5.80. The Balaban J connectivity index is 2.38. The van der Waals surface area contributed by atoms with Crippen molar-refractivity contribution in [1.29, 1.82) is 0 Å². The summed E-state index contributed by atoms with van der Waals surface area (Å²) < 4.78 is 10.9. The molecule has 0 amide bonds. The lowest BCUT2D eigenvalue weighted by molar-refractivity contribution is 0.104. The van der Waals surface area contributed by atoms with Gasteiger partial charge < -0.3 is 14.6 Å². The summed E-state index contributed by atoms with van der Waals surface area (Å²) >= 11 is 0. The molecule has 3 heteroatoms. The first-order chi connectivity index (χ1) is 7.76. The number of benzene rings is 1. The predicted molar refractivity (Wildman–Crippen MR) is 64.0 cm³/mol. The summed E-state index contributed by atoms with van der Waals surface area (Å²) in [6.07, 6.45) is 1.31. The first-order valence-corrected chi connectivity index (χ1v) is 5.80. The third-order valence-electron chi connectivity index (χ3n) is 2.21. The van der Waals surface area contributed by atoms with Crippen molar-refractivity contribution in [2.45, 2.75) is 32.8 Å². The summed E-state index contributed by atoms with van der Waals surface area (Å²) in [7, 11) is 0. The number of ether oxygens (including phenoxy) is 2.